The third kappa shape index (κ3) is 4.33. The summed E-state index contributed by atoms with van der Waals surface area (Å²) >= 11 is 0. The predicted molar refractivity (Wildman–Crippen MR) is 92.1 cm³/mol. The van der Waals surface area contributed by atoms with Crippen LogP contribution in [0.4, 0.5) is 5.69 Å². The summed E-state index contributed by atoms with van der Waals surface area (Å²) < 4.78 is 5.69. The maximum Gasteiger partial charge on any atom is 0.253 e. The molecular weight excluding hydrogens is 306 g/mol. The molecule has 0 spiro atoms. The largest absolute Gasteiger partial charge is 0.377 e. The van der Waals surface area contributed by atoms with Crippen LogP contribution in [-0.4, -0.2) is 67.0 Å². The zero-order valence-electron chi connectivity index (χ0n) is 14.2. The number of carbonyl (C=O) groups excluding carboxylic acids is 2. The molecule has 2 amide bonds. The molecule has 3 rings (SSSR count). The Balaban J connectivity index is 1.50. The van der Waals surface area contributed by atoms with E-state index in [-0.39, 0.29) is 11.8 Å². The second-order valence-corrected chi connectivity index (χ2v) is 6.49. The fraction of sp³-hybridized carbons (Fsp3) is 0.556. The van der Waals surface area contributed by atoms with Crippen LogP contribution in [0.25, 0.3) is 0 Å². The molecule has 24 heavy (non-hydrogen) atoms. The van der Waals surface area contributed by atoms with Crippen molar-refractivity contribution in [3.05, 3.63) is 29.8 Å². The van der Waals surface area contributed by atoms with E-state index in [0.29, 0.717) is 17.4 Å². The summed E-state index contributed by atoms with van der Waals surface area (Å²) in [6, 6.07) is 7.07. The first-order chi connectivity index (χ1) is 11.6. The Morgan fingerprint density at radius 2 is 1.88 bits per heavy atom. The number of rotatable bonds is 4. The summed E-state index contributed by atoms with van der Waals surface area (Å²) in [5.41, 5.74) is 1.37. The van der Waals surface area contributed by atoms with E-state index in [2.05, 4.69) is 10.2 Å². The molecule has 1 aromatic carbocycles. The van der Waals surface area contributed by atoms with E-state index in [1.165, 1.54) is 6.92 Å². The molecule has 0 saturated carbocycles. The lowest BCUT2D eigenvalue weighted by molar-refractivity contribution is -0.114. The molecule has 0 radical (unpaired) electrons. The number of amides is 2. The number of carbonyl (C=O) groups is 2. The number of ether oxygens (including phenoxy) is 1. The number of piperazine rings is 1. The highest BCUT2D eigenvalue weighted by molar-refractivity contribution is 5.95. The molecule has 1 atom stereocenters. The van der Waals surface area contributed by atoms with Gasteiger partial charge in [-0.2, -0.15) is 0 Å². The predicted octanol–water partition coefficient (Wildman–Crippen LogP) is 1.58. The number of hydrogen-bond acceptors (Lipinski definition) is 4. The average Bonchev–Trinajstić information content (AvgIpc) is 3.08. The van der Waals surface area contributed by atoms with Gasteiger partial charge in [-0.15, -0.1) is 0 Å². The Morgan fingerprint density at radius 3 is 2.46 bits per heavy atom. The summed E-state index contributed by atoms with van der Waals surface area (Å²) in [5.74, 6) is -0.0578. The van der Waals surface area contributed by atoms with E-state index in [9.17, 15) is 9.59 Å². The molecule has 0 bridgehead atoms. The molecule has 0 aliphatic carbocycles. The van der Waals surface area contributed by atoms with Crippen molar-refractivity contribution in [3.8, 4) is 0 Å². The van der Waals surface area contributed by atoms with Crippen molar-refractivity contribution < 1.29 is 14.3 Å². The highest BCUT2D eigenvalue weighted by Gasteiger charge is 2.25. The molecule has 2 aliphatic rings. The fourth-order valence-electron chi connectivity index (χ4n) is 3.29. The Kier molecular flexibility index (Phi) is 5.48. The second-order valence-electron chi connectivity index (χ2n) is 6.49. The fourth-order valence-corrected chi connectivity index (χ4v) is 3.29. The van der Waals surface area contributed by atoms with Gasteiger partial charge in [-0.3, -0.25) is 14.5 Å². The van der Waals surface area contributed by atoms with E-state index < -0.39 is 0 Å². The van der Waals surface area contributed by atoms with E-state index in [4.69, 9.17) is 4.74 Å². The normalized spacial score (nSPS) is 21.7. The third-order valence-electron chi connectivity index (χ3n) is 4.60. The van der Waals surface area contributed by atoms with Crippen LogP contribution < -0.4 is 5.32 Å². The maximum atomic E-state index is 12.6. The molecule has 130 valence electrons. The van der Waals surface area contributed by atoms with Crippen molar-refractivity contribution in [2.24, 2.45) is 0 Å². The number of nitrogens with one attached hydrogen (secondary N) is 1. The summed E-state index contributed by atoms with van der Waals surface area (Å²) in [6.07, 6.45) is 2.69. The Morgan fingerprint density at radius 1 is 1.17 bits per heavy atom. The molecule has 6 nitrogen and oxygen atoms in total. The minimum Gasteiger partial charge on any atom is -0.377 e. The van der Waals surface area contributed by atoms with Crippen molar-refractivity contribution in [1.82, 2.24) is 9.80 Å². The van der Waals surface area contributed by atoms with Crippen molar-refractivity contribution >= 4 is 17.5 Å². The van der Waals surface area contributed by atoms with Crippen LogP contribution in [0.5, 0.6) is 0 Å². The van der Waals surface area contributed by atoms with Gasteiger partial charge in [0.05, 0.1) is 6.10 Å². The molecule has 1 N–H and O–H groups in total. The summed E-state index contributed by atoms with van der Waals surface area (Å²) in [4.78, 5) is 27.9. The first-order valence-electron chi connectivity index (χ1n) is 8.63. The van der Waals surface area contributed by atoms with Gasteiger partial charge in [0, 0.05) is 57.5 Å². The van der Waals surface area contributed by atoms with E-state index >= 15 is 0 Å². The zero-order valence-corrected chi connectivity index (χ0v) is 14.2. The quantitative estimate of drug-likeness (QED) is 0.910. The molecule has 1 unspecified atom stereocenters. The van der Waals surface area contributed by atoms with Crippen LogP contribution in [0, 0.1) is 0 Å². The average molecular weight is 331 g/mol. The van der Waals surface area contributed by atoms with Crippen LogP contribution >= 0.6 is 0 Å². The molecular formula is C18H25N3O3. The van der Waals surface area contributed by atoms with Crippen molar-refractivity contribution in [3.63, 3.8) is 0 Å². The first kappa shape index (κ1) is 16.9. The molecule has 2 aliphatic heterocycles. The lowest BCUT2D eigenvalue weighted by Gasteiger charge is -2.35. The number of benzene rings is 1. The molecule has 2 heterocycles. The minimum atomic E-state index is -0.114. The van der Waals surface area contributed by atoms with Gasteiger partial charge in [0.2, 0.25) is 5.91 Å². The van der Waals surface area contributed by atoms with Gasteiger partial charge in [-0.25, -0.2) is 0 Å². The van der Waals surface area contributed by atoms with E-state index in [1.54, 1.807) is 24.3 Å². The van der Waals surface area contributed by atoms with Crippen LogP contribution in [0.2, 0.25) is 0 Å². The van der Waals surface area contributed by atoms with Gasteiger partial charge in [-0.05, 0) is 37.1 Å². The van der Waals surface area contributed by atoms with E-state index in [0.717, 1.165) is 52.2 Å². The molecule has 1 aromatic rings. The van der Waals surface area contributed by atoms with Crippen molar-refractivity contribution in [1.29, 1.82) is 0 Å². The standard InChI is InChI=1S/C18H25N3O3/c1-14(22)19-16-6-4-15(5-7-16)18(23)21-10-8-20(9-11-21)13-17-3-2-12-24-17/h4-7,17H,2-3,8-13H2,1H3,(H,19,22). The highest BCUT2D eigenvalue weighted by atomic mass is 16.5. The Hall–Kier alpha value is -1.92. The summed E-state index contributed by atoms with van der Waals surface area (Å²) in [6.45, 7) is 6.63. The third-order valence-corrected chi connectivity index (χ3v) is 4.60. The monoisotopic (exact) mass is 331 g/mol. The lowest BCUT2D eigenvalue weighted by Crippen LogP contribution is -2.50. The Bertz CT molecular complexity index is 574. The van der Waals surface area contributed by atoms with Crippen molar-refractivity contribution in [2.75, 3.05) is 44.6 Å². The second kappa shape index (κ2) is 7.77. The number of nitrogens with zero attached hydrogens (tertiary/aromatic N) is 2. The van der Waals surface area contributed by atoms with Gasteiger partial charge in [-0.1, -0.05) is 0 Å². The molecule has 2 saturated heterocycles. The lowest BCUT2D eigenvalue weighted by atomic mass is 10.1. The Labute approximate surface area is 142 Å². The topological polar surface area (TPSA) is 61.9 Å². The van der Waals surface area contributed by atoms with Gasteiger partial charge in [0.15, 0.2) is 0 Å². The molecule has 6 heteroatoms. The van der Waals surface area contributed by atoms with Gasteiger partial charge >= 0.3 is 0 Å². The van der Waals surface area contributed by atoms with Gasteiger partial charge in [0.1, 0.15) is 0 Å². The summed E-state index contributed by atoms with van der Waals surface area (Å²) in [5, 5.41) is 2.71. The number of anilines is 1. The SMILES string of the molecule is CC(=O)Nc1ccc(C(=O)N2CCN(CC3CCCO3)CC2)cc1. The highest BCUT2D eigenvalue weighted by Crippen LogP contribution is 2.16. The molecule has 2 fully saturated rings. The van der Waals surface area contributed by atoms with Crippen LogP contribution in [-0.2, 0) is 9.53 Å². The first-order valence-corrected chi connectivity index (χ1v) is 8.63. The van der Waals surface area contributed by atoms with Crippen LogP contribution in [0.15, 0.2) is 24.3 Å². The van der Waals surface area contributed by atoms with Crippen LogP contribution in [0.1, 0.15) is 30.1 Å². The number of hydrogen-bond donors (Lipinski definition) is 1. The van der Waals surface area contributed by atoms with E-state index in [1.807, 2.05) is 4.90 Å². The minimum absolute atomic E-state index is 0.0566. The van der Waals surface area contributed by atoms with Crippen LogP contribution in [0.3, 0.4) is 0 Å². The maximum absolute atomic E-state index is 12.6. The van der Waals surface area contributed by atoms with Gasteiger partial charge in [0.25, 0.3) is 5.91 Å². The smallest absolute Gasteiger partial charge is 0.253 e. The summed E-state index contributed by atoms with van der Waals surface area (Å²) in [7, 11) is 0. The van der Waals surface area contributed by atoms with Crippen molar-refractivity contribution in [2.45, 2.75) is 25.9 Å². The van der Waals surface area contributed by atoms with Gasteiger partial charge < -0.3 is 15.0 Å². The zero-order chi connectivity index (χ0) is 16.9. The molecule has 0 aromatic heterocycles.